The molecule has 1 aliphatic rings. The maximum absolute atomic E-state index is 12.3. The van der Waals surface area contributed by atoms with Gasteiger partial charge < -0.3 is 9.47 Å². The summed E-state index contributed by atoms with van der Waals surface area (Å²) in [5.41, 5.74) is 3.32. The van der Waals surface area contributed by atoms with E-state index in [1.54, 1.807) is 36.0 Å². The quantitative estimate of drug-likeness (QED) is 0.706. The fourth-order valence-corrected chi connectivity index (χ4v) is 4.38. The minimum Gasteiger partial charge on any atom is -0.461 e. The third-order valence-corrected chi connectivity index (χ3v) is 6.11. The normalized spacial score (nSPS) is 21.7. The molecule has 0 amide bonds. The Morgan fingerprint density at radius 3 is 2.00 bits per heavy atom. The molecule has 1 heterocycles. The van der Waals surface area contributed by atoms with Crippen molar-refractivity contribution in [3.63, 3.8) is 0 Å². The van der Waals surface area contributed by atoms with Gasteiger partial charge in [0.25, 0.3) is 0 Å². The minimum absolute atomic E-state index is 0.130. The maximum Gasteiger partial charge on any atom is 0.338 e. The molecule has 0 aromatic heterocycles. The minimum atomic E-state index is -0.316. The summed E-state index contributed by atoms with van der Waals surface area (Å²) in [5.74, 6) is -0.617. The molecule has 0 N–H and O–H groups in total. The zero-order valence-electron chi connectivity index (χ0n) is 15.8. The molecule has 142 valence electrons. The Labute approximate surface area is 164 Å². The summed E-state index contributed by atoms with van der Waals surface area (Å²) in [5, 5.41) is 0.299. The van der Waals surface area contributed by atoms with Crippen molar-refractivity contribution in [1.29, 1.82) is 0 Å². The van der Waals surface area contributed by atoms with Crippen LogP contribution in [0, 0.1) is 13.8 Å². The van der Waals surface area contributed by atoms with Crippen LogP contribution in [-0.4, -0.2) is 35.1 Å². The van der Waals surface area contributed by atoms with Gasteiger partial charge in [0.2, 0.25) is 0 Å². The first-order valence-electron chi connectivity index (χ1n) is 9.09. The van der Waals surface area contributed by atoms with Gasteiger partial charge in [-0.3, -0.25) is 0 Å². The molecule has 4 nitrogen and oxygen atoms in total. The van der Waals surface area contributed by atoms with Crippen LogP contribution in [-0.2, 0) is 9.47 Å². The fraction of sp³-hybridized carbons (Fsp3) is 0.364. The third-order valence-electron chi connectivity index (χ3n) is 4.66. The highest BCUT2D eigenvalue weighted by Crippen LogP contribution is 2.36. The Bertz CT molecular complexity index is 798. The SMILES string of the molecule is Cc1ccc(C(=O)OC[C@H]2C[C@H](OC(=O)c3ccc(C)cc3)C(C)S2)cc1. The van der Waals surface area contributed by atoms with Crippen molar-refractivity contribution < 1.29 is 19.1 Å². The van der Waals surface area contributed by atoms with Crippen molar-refractivity contribution in [2.75, 3.05) is 6.61 Å². The summed E-state index contributed by atoms with van der Waals surface area (Å²) in [6.45, 7) is 6.32. The Hall–Kier alpha value is -2.27. The van der Waals surface area contributed by atoms with Crippen LogP contribution in [0.4, 0.5) is 0 Å². The lowest BCUT2D eigenvalue weighted by Gasteiger charge is -2.15. The molecule has 0 bridgehead atoms. The molecule has 0 spiro atoms. The van der Waals surface area contributed by atoms with E-state index in [9.17, 15) is 9.59 Å². The Kier molecular flexibility index (Phi) is 6.22. The van der Waals surface area contributed by atoms with Gasteiger partial charge in [-0.1, -0.05) is 35.4 Å². The lowest BCUT2D eigenvalue weighted by atomic mass is 10.1. The summed E-state index contributed by atoms with van der Waals surface area (Å²) in [7, 11) is 0. The average Bonchev–Trinajstić information content (AvgIpc) is 3.00. The van der Waals surface area contributed by atoms with E-state index in [2.05, 4.69) is 0 Å². The van der Waals surface area contributed by atoms with Crippen LogP contribution < -0.4 is 0 Å². The number of benzene rings is 2. The second-order valence-electron chi connectivity index (χ2n) is 6.97. The molecule has 0 radical (unpaired) electrons. The second kappa shape index (κ2) is 8.61. The van der Waals surface area contributed by atoms with Crippen molar-refractivity contribution >= 4 is 23.7 Å². The molecule has 1 saturated heterocycles. The molecule has 0 aliphatic carbocycles. The van der Waals surface area contributed by atoms with Gasteiger partial charge in [-0.2, -0.15) is 0 Å². The molecule has 27 heavy (non-hydrogen) atoms. The summed E-state index contributed by atoms with van der Waals surface area (Å²) in [6.07, 6.45) is 0.511. The van der Waals surface area contributed by atoms with E-state index >= 15 is 0 Å². The number of aryl methyl sites for hydroxylation is 2. The maximum atomic E-state index is 12.3. The smallest absolute Gasteiger partial charge is 0.338 e. The van der Waals surface area contributed by atoms with E-state index in [-0.39, 0.29) is 28.5 Å². The number of rotatable bonds is 5. The Balaban J connectivity index is 1.50. The van der Waals surface area contributed by atoms with Crippen molar-refractivity contribution in [2.24, 2.45) is 0 Å². The van der Waals surface area contributed by atoms with E-state index < -0.39 is 0 Å². The predicted molar refractivity (Wildman–Crippen MR) is 107 cm³/mol. The van der Waals surface area contributed by atoms with Crippen LogP contribution in [0.15, 0.2) is 48.5 Å². The monoisotopic (exact) mass is 384 g/mol. The van der Waals surface area contributed by atoms with Gasteiger partial charge >= 0.3 is 11.9 Å². The lowest BCUT2D eigenvalue weighted by Crippen LogP contribution is -2.24. The number of ether oxygens (including phenoxy) is 2. The topological polar surface area (TPSA) is 52.6 Å². The molecule has 5 heteroatoms. The number of carbonyl (C=O) groups is 2. The van der Waals surface area contributed by atoms with Crippen molar-refractivity contribution in [3.8, 4) is 0 Å². The highest BCUT2D eigenvalue weighted by molar-refractivity contribution is 8.00. The predicted octanol–water partition coefficient (Wildman–Crippen LogP) is 4.58. The van der Waals surface area contributed by atoms with Crippen molar-refractivity contribution in [3.05, 3.63) is 70.8 Å². The van der Waals surface area contributed by atoms with Crippen LogP contribution in [0.2, 0.25) is 0 Å². The van der Waals surface area contributed by atoms with Gasteiger partial charge in [-0.15, -0.1) is 11.8 Å². The van der Waals surface area contributed by atoms with E-state index in [1.165, 1.54) is 0 Å². The molecule has 3 rings (SSSR count). The largest absolute Gasteiger partial charge is 0.461 e. The van der Waals surface area contributed by atoms with Gasteiger partial charge in [-0.05, 0) is 45.0 Å². The summed E-state index contributed by atoms with van der Waals surface area (Å²) in [6, 6.07) is 14.7. The van der Waals surface area contributed by atoms with Crippen LogP contribution >= 0.6 is 11.8 Å². The van der Waals surface area contributed by atoms with Crippen molar-refractivity contribution in [1.82, 2.24) is 0 Å². The number of hydrogen-bond donors (Lipinski definition) is 0. The van der Waals surface area contributed by atoms with Crippen LogP contribution in [0.5, 0.6) is 0 Å². The lowest BCUT2D eigenvalue weighted by molar-refractivity contribution is 0.0278. The van der Waals surface area contributed by atoms with E-state index in [4.69, 9.17) is 9.47 Å². The van der Waals surface area contributed by atoms with E-state index in [1.807, 2.05) is 45.0 Å². The molecule has 1 fully saturated rings. The molecule has 3 atom stereocenters. The van der Waals surface area contributed by atoms with Crippen LogP contribution in [0.1, 0.15) is 45.2 Å². The first-order chi connectivity index (χ1) is 12.9. The molecule has 2 aromatic carbocycles. The van der Waals surface area contributed by atoms with Gasteiger partial charge in [0.1, 0.15) is 12.7 Å². The first-order valence-corrected chi connectivity index (χ1v) is 10.0. The van der Waals surface area contributed by atoms with Gasteiger partial charge in [0, 0.05) is 16.9 Å². The summed E-state index contributed by atoms with van der Waals surface area (Å²) >= 11 is 1.70. The molecule has 1 unspecified atom stereocenters. The molecule has 1 aliphatic heterocycles. The van der Waals surface area contributed by atoms with E-state index in [0.29, 0.717) is 24.2 Å². The van der Waals surface area contributed by atoms with Crippen molar-refractivity contribution in [2.45, 2.75) is 43.8 Å². The molecular weight excluding hydrogens is 360 g/mol. The number of hydrogen-bond acceptors (Lipinski definition) is 5. The van der Waals surface area contributed by atoms with Crippen LogP contribution in [0.25, 0.3) is 0 Å². The number of esters is 2. The summed E-state index contributed by atoms with van der Waals surface area (Å²) < 4.78 is 11.1. The van der Waals surface area contributed by atoms with Gasteiger partial charge in [0.05, 0.1) is 11.1 Å². The zero-order valence-corrected chi connectivity index (χ0v) is 16.6. The second-order valence-corrected chi connectivity index (χ2v) is 8.66. The molecule has 0 saturated carbocycles. The highest BCUT2D eigenvalue weighted by atomic mass is 32.2. The third kappa shape index (κ3) is 5.13. The first kappa shape index (κ1) is 19.5. The molecule has 2 aromatic rings. The number of carbonyl (C=O) groups excluding carboxylic acids is 2. The Morgan fingerprint density at radius 2 is 1.44 bits per heavy atom. The summed E-state index contributed by atoms with van der Waals surface area (Å²) in [4.78, 5) is 24.5. The van der Waals surface area contributed by atoms with Crippen LogP contribution in [0.3, 0.4) is 0 Å². The van der Waals surface area contributed by atoms with E-state index in [0.717, 1.165) is 11.1 Å². The zero-order chi connectivity index (χ0) is 19.4. The Morgan fingerprint density at radius 1 is 0.926 bits per heavy atom. The fourth-order valence-electron chi connectivity index (χ4n) is 2.99. The molecular formula is C22H24O4S. The average molecular weight is 384 g/mol. The standard InChI is InChI=1S/C22H24O4S/c1-14-4-8-17(9-5-14)21(23)25-13-19-12-20(16(3)27-19)26-22(24)18-10-6-15(2)7-11-18/h4-11,16,19-20H,12-13H2,1-3H3/t16?,19-,20+/m1/s1. The number of thioether (sulfide) groups is 1. The van der Waals surface area contributed by atoms with Gasteiger partial charge in [-0.25, -0.2) is 9.59 Å². The van der Waals surface area contributed by atoms with Gasteiger partial charge in [0.15, 0.2) is 0 Å². The highest BCUT2D eigenvalue weighted by Gasteiger charge is 2.35.